The summed E-state index contributed by atoms with van der Waals surface area (Å²) in [4.78, 5) is 0. The van der Waals surface area contributed by atoms with E-state index in [0.717, 1.165) is 5.41 Å². The van der Waals surface area contributed by atoms with Crippen molar-refractivity contribution in [3.8, 4) is 0 Å². The minimum Gasteiger partial charge on any atom is -0.288 e. The molecule has 104 valence electrons. The van der Waals surface area contributed by atoms with Gasteiger partial charge in [0.05, 0.1) is 15.5 Å². The Morgan fingerprint density at radius 1 is 1.32 bits per heavy atom. The van der Waals surface area contributed by atoms with Gasteiger partial charge in [-0.25, -0.2) is 8.42 Å². The van der Waals surface area contributed by atoms with Crippen LogP contribution in [0.3, 0.4) is 0 Å². The summed E-state index contributed by atoms with van der Waals surface area (Å²) >= 11 is 11.6. The van der Waals surface area contributed by atoms with E-state index in [2.05, 4.69) is 4.72 Å². The van der Waals surface area contributed by atoms with E-state index >= 15 is 0 Å². The number of amidine groups is 1. The molecule has 0 amide bonds. The van der Waals surface area contributed by atoms with Crippen molar-refractivity contribution in [1.29, 1.82) is 5.41 Å². The van der Waals surface area contributed by atoms with Gasteiger partial charge in [0.2, 0.25) is 0 Å². The molecule has 1 rings (SSSR count). The van der Waals surface area contributed by atoms with Crippen LogP contribution in [0.4, 0.5) is 0 Å². The lowest BCUT2D eigenvalue weighted by Crippen LogP contribution is -2.31. The van der Waals surface area contributed by atoms with Gasteiger partial charge >= 0.3 is 0 Å². The molecule has 0 aliphatic carbocycles. The Morgan fingerprint density at radius 3 is 2.47 bits per heavy atom. The summed E-state index contributed by atoms with van der Waals surface area (Å²) in [5, 5.41) is 9.23. The second-order valence-electron chi connectivity index (χ2n) is 4.19. The standard InChI is InChI=1S/C12H14Cl2N2O2S/c1-8(2)12(15)16-19(17,18)6-5-9-3-4-10(13)11(14)7-9/h3-8H,1-2H3,(H2,15,16). The van der Waals surface area contributed by atoms with Crippen molar-refractivity contribution in [2.75, 3.05) is 0 Å². The first-order valence-corrected chi connectivity index (χ1v) is 7.76. The number of rotatable bonds is 4. The molecule has 0 radical (unpaired) electrons. The second kappa shape index (κ2) is 6.41. The average Bonchev–Trinajstić information content (AvgIpc) is 2.30. The minimum atomic E-state index is -3.68. The number of hydrogen-bond acceptors (Lipinski definition) is 3. The molecule has 2 N–H and O–H groups in total. The third kappa shape index (κ3) is 5.22. The molecule has 4 nitrogen and oxygen atoms in total. The van der Waals surface area contributed by atoms with Crippen molar-refractivity contribution in [2.24, 2.45) is 5.92 Å². The van der Waals surface area contributed by atoms with Gasteiger partial charge in [0.1, 0.15) is 5.84 Å². The van der Waals surface area contributed by atoms with E-state index in [-0.39, 0.29) is 11.8 Å². The Hall–Kier alpha value is -1.04. The van der Waals surface area contributed by atoms with Crippen LogP contribution < -0.4 is 4.72 Å². The van der Waals surface area contributed by atoms with Crippen molar-refractivity contribution >= 4 is 45.1 Å². The van der Waals surface area contributed by atoms with Gasteiger partial charge in [-0.05, 0) is 23.8 Å². The zero-order valence-electron chi connectivity index (χ0n) is 10.4. The predicted octanol–water partition coefficient (Wildman–Crippen LogP) is 3.52. The lowest BCUT2D eigenvalue weighted by atomic mass is 10.2. The van der Waals surface area contributed by atoms with Crippen LogP contribution in [-0.2, 0) is 10.0 Å². The molecule has 0 spiro atoms. The van der Waals surface area contributed by atoms with Crippen LogP contribution in [0.5, 0.6) is 0 Å². The molecule has 0 unspecified atom stereocenters. The highest BCUT2D eigenvalue weighted by Crippen LogP contribution is 2.23. The van der Waals surface area contributed by atoms with Crippen molar-refractivity contribution in [3.63, 3.8) is 0 Å². The summed E-state index contributed by atoms with van der Waals surface area (Å²) in [6.45, 7) is 3.46. The first-order valence-electron chi connectivity index (χ1n) is 5.45. The Balaban J connectivity index is 2.85. The lowest BCUT2D eigenvalue weighted by Gasteiger charge is -2.08. The molecule has 1 aromatic carbocycles. The highest BCUT2D eigenvalue weighted by molar-refractivity contribution is 7.93. The van der Waals surface area contributed by atoms with Gasteiger partial charge in [0.25, 0.3) is 10.0 Å². The van der Waals surface area contributed by atoms with Crippen molar-refractivity contribution in [2.45, 2.75) is 13.8 Å². The van der Waals surface area contributed by atoms with Crippen LogP contribution in [0.25, 0.3) is 6.08 Å². The van der Waals surface area contributed by atoms with E-state index in [0.29, 0.717) is 15.6 Å². The average molecular weight is 321 g/mol. The van der Waals surface area contributed by atoms with Crippen molar-refractivity contribution in [1.82, 2.24) is 4.72 Å². The fraction of sp³-hybridized carbons (Fsp3) is 0.250. The molecule has 0 aliphatic heterocycles. The van der Waals surface area contributed by atoms with Crippen molar-refractivity contribution in [3.05, 3.63) is 39.2 Å². The number of benzene rings is 1. The van der Waals surface area contributed by atoms with Crippen LogP contribution >= 0.6 is 23.2 Å². The van der Waals surface area contributed by atoms with Gasteiger partial charge in [0, 0.05) is 5.92 Å². The third-order valence-corrected chi connectivity index (χ3v) is 3.95. The number of nitrogens with one attached hydrogen (secondary N) is 2. The molecule has 0 heterocycles. The van der Waals surface area contributed by atoms with Crippen LogP contribution in [0.2, 0.25) is 10.0 Å². The molecule has 19 heavy (non-hydrogen) atoms. The molecule has 0 atom stereocenters. The highest BCUT2D eigenvalue weighted by atomic mass is 35.5. The molecule has 0 saturated heterocycles. The normalized spacial score (nSPS) is 12.1. The monoisotopic (exact) mass is 320 g/mol. The Bertz CT molecular complexity index is 610. The lowest BCUT2D eigenvalue weighted by molar-refractivity contribution is 0.599. The summed E-state index contributed by atoms with van der Waals surface area (Å²) in [6.07, 6.45) is 1.39. The maximum atomic E-state index is 11.7. The number of hydrogen-bond donors (Lipinski definition) is 2. The van der Waals surface area contributed by atoms with E-state index in [1.807, 2.05) is 0 Å². The first-order chi connectivity index (χ1) is 8.71. The summed E-state index contributed by atoms with van der Waals surface area (Å²) < 4.78 is 25.5. The second-order valence-corrected chi connectivity index (χ2v) is 6.57. The van der Waals surface area contributed by atoms with Crippen LogP contribution in [0.15, 0.2) is 23.6 Å². The van der Waals surface area contributed by atoms with Gasteiger partial charge < -0.3 is 0 Å². The fourth-order valence-electron chi connectivity index (χ4n) is 1.09. The molecule has 0 aliphatic rings. The maximum Gasteiger partial charge on any atom is 0.255 e. The smallest absolute Gasteiger partial charge is 0.255 e. The van der Waals surface area contributed by atoms with Crippen LogP contribution in [0, 0.1) is 11.3 Å². The molecule has 0 aromatic heterocycles. The third-order valence-electron chi connectivity index (χ3n) is 2.21. The molecular formula is C12H14Cl2N2O2S. The topological polar surface area (TPSA) is 70.0 Å². The van der Waals surface area contributed by atoms with E-state index in [4.69, 9.17) is 28.6 Å². The van der Waals surface area contributed by atoms with E-state index in [1.165, 1.54) is 6.08 Å². The largest absolute Gasteiger partial charge is 0.288 e. The number of halogens is 2. The predicted molar refractivity (Wildman–Crippen MR) is 80.1 cm³/mol. The summed E-state index contributed by atoms with van der Waals surface area (Å²) in [5.41, 5.74) is 0.607. The van der Waals surface area contributed by atoms with Gasteiger partial charge in [-0.2, -0.15) is 0 Å². The van der Waals surface area contributed by atoms with Gasteiger partial charge in [-0.15, -0.1) is 0 Å². The number of sulfonamides is 1. The van der Waals surface area contributed by atoms with Crippen LogP contribution in [-0.4, -0.2) is 14.3 Å². The van der Waals surface area contributed by atoms with E-state index < -0.39 is 10.0 Å². The molecular weight excluding hydrogens is 307 g/mol. The maximum absolute atomic E-state index is 11.7. The van der Waals surface area contributed by atoms with Gasteiger partial charge in [-0.1, -0.05) is 43.1 Å². The molecule has 1 aromatic rings. The van der Waals surface area contributed by atoms with Gasteiger partial charge in [0.15, 0.2) is 0 Å². The summed E-state index contributed by atoms with van der Waals surface area (Å²) in [6, 6.07) is 4.79. The Labute approximate surface area is 123 Å². The van der Waals surface area contributed by atoms with Crippen molar-refractivity contribution < 1.29 is 8.42 Å². The minimum absolute atomic E-state index is 0.0567. The quantitative estimate of drug-likeness (QED) is 0.658. The molecule has 0 saturated carbocycles. The zero-order valence-corrected chi connectivity index (χ0v) is 12.8. The highest BCUT2D eigenvalue weighted by Gasteiger charge is 2.10. The fourth-order valence-corrected chi connectivity index (χ4v) is 2.34. The van der Waals surface area contributed by atoms with Gasteiger partial charge in [-0.3, -0.25) is 10.1 Å². The zero-order chi connectivity index (χ0) is 14.6. The molecule has 7 heteroatoms. The van der Waals surface area contributed by atoms with E-state index in [1.54, 1.807) is 32.0 Å². The summed E-state index contributed by atoms with van der Waals surface area (Å²) in [5.74, 6) is -0.244. The summed E-state index contributed by atoms with van der Waals surface area (Å²) in [7, 11) is -3.68. The molecule has 0 fully saturated rings. The Morgan fingerprint density at radius 2 is 1.95 bits per heavy atom. The van der Waals surface area contributed by atoms with E-state index in [9.17, 15) is 8.42 Å². The first kappa shape index (κ1) is 16.0. The SMILES string of the molecule is CC(C)C(=N)NS(=O)(=O)C=Cc1ccc(Cl)c(Cl)c1. The Kier molecular flexibility index (Phi) is 5.40. The van der Waals surface area contributed by atoms with Crippen LogP contribution in [0.1, 0.15) is 19.4 Å². The molecule has 0 bridgehead atoms.